The van der Waals surface area contributed by atoms with Crippen molar-refractivity contribution in [1.82, 2.24) is 10.2 Å². The van der Waals surface area contributed by atoms with Gasteiger partial charge in [0.15, 0.2) is 0 Å². The first-order valence-electron chi connectivity index (χ1n) is 7.57. The predicted octanol–water partition coefficient (Wildman–Crippen LogP) is 2.91. The van der Waals surface area contributed by atoms with Gasteiger partial charge in [-0.2, -0.15) is 0 Å². The van der Waals surface area contributed by atoms with Crippen LogP contribution in [0.5, 0.6) is 5.75 Å². The summed E-state index contributed by atoms with van der Waals surface area (Å²) in [5, 5.41) is 3.47. The number of terminal acetylenes is 1. The number of benzene rings is 1. The molecule has 0 aliphatic rings. The number of likely N-dealkylation sites (N-methyl/N-ethyl adjacent to an activating group) is 1. The minimum absolute atomic E-state index is 0.135. The smallest absolute Gasteiger partial charge is 0.119 e. The van der Waals surface area contributed by atoms with Gasteiger partial charge in [0.2, 0.25) is 0 Å². The fraction of sp³-hybridized carbons (Fsp3) is 0.556. The number of hydrogen-bond donors (Lipinski definition) is 1. The second kappa shape index (κ2) is 8.71. The van der Waals surface area contributed by atoms with Gasteiger partial charge in [0.1, 0.15) is 12.4 Å². The molecule has 1 rings (SSSR count). The van der Waals surface area contributed by atoms with Crippen LogP contribution >= 0.6 is 0 Å². The van der Waals surface area contributed by atoms with Crippen molar-refractivity contribution >= 4 is 0 Å². The van der Waals surface area contributed by atoms with E-state index in [1.54, 1.807) is 0 Å². The first-order valence-corrected chi connectivity index (χ1v) is 7.57. The zero-order chi connectivity index (χ0) is 15.7. The average molecular weight is 288 g/mol. The number of ether oxygens (including phenoxy) is 1. The van der Waals surface area contributed by atoms with Gasteiger partial charge in [-0.1, -0.05) is 25.0 Å². The lowest BCUT2D eigenvalue weighted by molar-refractivity contribution is 0.231. The molecular formula is C18H28N2O. The highest BCUT2D eigenvalue weighted by Crippen LogP contribution is 2.13. The third-order valence-corrected chi connectivity index (χ3v) is 3.18. The molecule has 3 nitrogen and oxygen atoms in total. The Morgan fingerprint density at radius 1 is 1.24 bits per heavy atom. The molecule has 1 aromatic carbocycles. The van der Waals surface area contributed by atoms with Crippen LogP contribution < -0.4 is 10.1 Å². The molecule has 0 aromatic heterocycles. The molecule has 0 unspecified atom stereocenters. The van der Waals surface area contributed by atoms with E-state index in [2.05, 4.69) is 56.0 Å². The maximum absolute atomic E-state index is 5.75. The predicted molar refractivity (Wildman–Crippen MR) is 89.5 cm³/mol. The van der Waals surface area contributed by atoms with Gasteiger partial charge in [-0.3, -0.25) is 4.90 Å². The quantitative estimate of drug-likeness (QED) is 0.744. The summed E-state index contributed by atoms with van der Waals surface area (Å²) >= 11 is 0. The van der Waals surface area contributed by atoms with E-state index >= 15 is 0 Å². The second-order valence-corrected chi connectivity index (χ2v) is 6.17. The summed E-state index contributed by atoms with van der Waals surface area (Å²) in [6.45, 7) is 12.6. The molecule has 0 amide bonds. The van der Waals surface area contributed by atoms with Crippen LogP contribution in [0.2, 0.25) is 0 Å². The summed E-state index contributed by atoms with van der Waals surface area (Å²) in [6, 6.07) is 8.26. The van der Waals surface area contributed by atoms with Gasteiger partial charge in [-0.25, -0.2) is 0 Å². The summed E-state index contributed by atoms with van der Waals surface area (Å²) < 4.78 is 5.75. The maximum atomic E-state index is 5.75. The van der Waals surface area contributed by atoms with Crippen LogP contribution in [0.15, 0.2) is 24.3 Å². The van der Waals surface area contributed by atoms with Gasteiger partial charge in [-0.05, 0) is 45.0 Å². The fourth-order valence-corrected chi connectivity index (χ4v) is 1.84. The van der Waals surface area contributed by atoms with Crippen LogP contribution in [0.25, 0.3) is 0 Å². The molecule has 0 spiro atoms. The molecule has 0 atom stereocenters. The molecule has 0 aliphatic carbocycles. The fourth-order valence-electron chi connectivity index (χ4n) is 1.84. The summed E-state index contributed by atoms with van der Waals surface area (Å²) in [7, 11) is 0. The minimum atomic E-state index is 0.135. The molecule has 0 bridgehead atoms. The van der Waals surface area contributed by atoms with E-state index in [-0.39, 0.29) is 5.54 Å². The molecular weight excluding hydrogens is 260 g/mol. The lowest BCUT2D eigenvalue weighted by Crippen LogP contribution is -2.35. The number of rotatable bonds is 8. The zero-order valence-electron chi connectivity index (χ0n) is 13.8. The van der Waals surface area contributed by atoms with Gasteiger partial charge in [-0.15, -0.1) is 6.42 Å². The van der Waals surface area contributed by atoms with Crippen LogP contribution in [-0.4, -0.2) is 36.7 Å². The third-order valence-electron chi connectivity index (χ3n) is 3.18. The molecule has 0 saturated carbocycles. The summed E-state index contributed by atoms with van der Waals surface area (Å²) in [5.41, 5.74) is 1.40. The summed E-state index contributed by atoms with van der Waals surface area (Å²) in [6.07, 6.45) is 5.33. The van der Waals surface area contributed by atoms with E-state index in [1.165, 1.54) is 5.56 Å². The molecule has 0 saturated heterocycles. The highest BCUT2D eigenvalue weighted by molar-refractivity contribution is 5.27. The Morgan fingerprint density at radius 3 is 2.43 bits per heavy atom. The zero-order valence-corrected chi connectivity index (χ0v) is 13.8. The largest absolute Gasteiger partial charge is 0.492 e. The molecule has 0 fully saturated rings. The van der Waals surface area contributed by atoms with Crippen molar-refractivity contribution in [3.8, 4) is 18.1 Å². The minimum Gasteiger partial charge on any atom is -0.492 e. The van der Waals surface area contributed by atoms with Gasteiger partial charge in [0.05, 0.1) is 6.54 Å². The topological polar surface area (TPSA) is 24.5 Å². The van der Waals surface area contributed by atoms with E-state index < -0.39 is 0 Å². The van der Waals surface area contributed by atoms with E-state index in [4.69, 9.17) is 11.2 Å². The lowest BCUT2D eigenvalue weighted by Gasteiger charge is -2.20. The summed E-state index contributed by atoms with van der Waals surface area (Å²) in [4.78, 5) is 2.18. The Labute approximate surface area is 129 Å². The highest BCUT2D eigenvalue weighted by Gasteiger charge is 2.08. The Kier molecular flexibility index (Phi) is 7.28. The molecule has 0 heterocycles. The maximum Gasteiger partial charge on any atom is 0.119 e. The van der Waals surface area contributed by atoms with Crippen molar-refractivity contribution in [3.63, 3.8) is 0 Å². The van der Waals surface area contributed by atoms with Crippen molar-refractivity contribution in [2.24, 2.45) is 0 Å². The Balaban J connectivity index is 2.36. The number of nitrogens with zero attached hydrogens (tertiary/aromatic N) is 1. The molecule has 3 heteroatoms. The monoisotopic (exact) mass is 288 g/mol. The van der Waals surface area contributed by atoms with E-state index in [0.29, 0.717) is 13.2 Å². The Bertz CT molecular complexity index is 440. The first-order chi connectivity index (χ1) is 9.94. The molecule has 1 aromatic rings. The standard InChI is InChI=1S/C18H28N2O/c1-6-12-20(7-2)13-14-21-17-10-8-16(9-11-17)15-19-18(3,4)5/h1,8-11,19H,7,12-15H2,2-5H3. The van der Waals surface area contributed by atoms with Gasteiger partial charge >= 0.3 is 0 Å². The molecule has 1 N–H and O–H groups in total. The van der Waals surface area contributed by atoms with Crippen molar-refractivity contribution in [1.29, 1.82) is 0 Å². The van der Waals surface area contributed by atoms with Crippen LogP contribution in [0.1, 0.15) is 33.3 Å². The molecule has 116 valence electrons. The summed E-state index contributed by atoms with van der Waals surface area (Å²) in [5.74, 6) is 3.57. The molecule has 0 aliphatic heterocycles. The SMILES string of the molecule is C#CCN(CC)CCOc1ccc(CNC(C)(C)C)cc1. The van der Waals surface area contributed by atoms with Crippen LogP contribution in [0.4, 0.5) is 0 Å². The van der Waals surface area contributed by atoms with Crippen molar-refractivity contribution < 1.29 is 4.74 Å². The van der Waals surface area contributed by atoms with E-state index in [9.17, 15) is 0 Å². The van der Waals surface area contributed by atoms with E-state index in [1.807, 2.05) is 12.1 Å². The van der Waals surface area contributed by atoms with E-state index in [0.717, 1.165) is 25.4 Å². The Morgan fingerprint density at radius 2 is 1.90 bits per heavy atom. The van der Waals surface area contributed by atoms with Crippen molar-refractivity contribution in [2.45, 2.75) is 39.8 Å². The lowest BCUT2D eigenvalue weighted by atomic mass is 10.1. The van der Waals surface area contributed by atoms with Gasteiger partial charge in [0.25, 0.3) is 0 Å². The van der Waals surface area contributed by atoms with Crippen molar-refractivity contribution in [2.75, 3.05) is 26.2 Å². The van der Waals surface area contributed by atoms with Crippen LogP contribution in [-0.2, 0) is 6.54 Å². The molecule has 21 heavy (non-hydrogen) atoms. The second-order valence-electron chi connectivity index (χ2n) is 6.17. The Hall–Kier alpha value is -1.50. The van der Waals surface area contributed by atoms with Gasteiger partial charge in [0, 0.05) is 18.6 Å². The van der Waals surface area contributed by atoms with Crippen molar-refractivity contribution in [3.05, 3.63) is 29.8 Å². The molecule has 0 radical (unpaired) electrons. The number of nitrogens with one attached hydrogen (secondary N) is 1. The average Bonchev–Trinajstić information content (AvgIpc) is 2.44. The highest BCUT2D eigenvalue weighted by atomic mass is 16.5. The van der Waals surface area contributed by atoms with Gasteiger partial charge < -0.3 is 10.1 Å². The number of hydrogen-bond acceptors (Lipinski definition) is 3. The third kappa shape index (κ3) is 7.75. The first kappa shape index (κ1) is 17.6. The van der Waals surface area contributed by atoms with Crippen LogP contribution in [0, 0.1) is 12.3 Å². The van der Waals surface area contributed by atoms with Crippen LogP contribution in [0.3, 0.4) is 0 Å². The normalized spacial score (nSPS) is 11.4.